The van der Waals surface area contributed by atoms with E-state index in [2.05, 4.69) is 25.2 Å². The molecule has 0 saturated heterocycles. The number of carbonyl (C=O) groups excluding carboxylic acids is 1. The van der Waals surface area contributed by atoms with Crippen molar-refractivity contribution in [3.8, 4) is 17.6 Å². The lowest BCUT2D eigenvalue weighted by molar-refractivity contribution is -0.123. The molecule has 0 radical (unpaired) electrons. The van der Waals surface area contributed by atoms with Crippen LogP contribution in [0.25, 0.3) is 0 Å². The molecule has 0 spiro atoms. The Balaban J connectivity index is 1.92. The zero-order valence-corrected chi connectivity index (χ0v) is 15.4. The molecule has 1 N–H and O–H groups in total. The maximum atomic E-state index is 12.2. The van der Waals surface area contributed by atoms with Crippen molar-refractivity contribution in [1.29, 1.82) is 5.26 Å². The molecule has 2 rings (SSSR count). The van der Waals surface area contributed by atoms with Gasteiger partial charge in [-0.1, -0.05) is 44.2 Å². The molecule has 2 aromatic rings. The lowest BCUT2D eigenvalue weighted by Gasteiger charge is -2.25. The van der Waals surface area contributed by atoms with Crippen molar-refractivity contribution >= 4 is 5.91 Å². The second-order valence-electron chi connectivity index (χ2n) is 6.52. The molecule has 5 nitrogen and oxygen atoms in total. The van der Waals surface area contributed by atoms with Crippen molar-refractivity contribution in [1.82, 2.24) is 5.32 Å². The Labute approximate surface area is 154 Å². The standard InChI is InChI=1S/C21H24N2O3/c1-4-25-19-12-16(13-22)10-11-18(19)26-14-20(24)23-15-21(2,3)17-8-6-5-7-9-17/h5-12H,4,14-15H2,1-3H3,(H,23,24). The van der Waals surface area contributed by atoms with Gasteiger partial charge in [-0.25, -0.2) is 0 Å². The summed E-state index contributed by atoms with van der Waals surface area (Å²) in [6.45, 7) is 6.85. The third-order valence-electron chi connectivity index (χ3n) is 4.01. The molecule has 2 aromatic carbocycles. The van der Waals surface area contributed by atoms with Crippen LogP contribution in [0.1, 0.15) is 31.9 Å². The van der Waals surface area contributed by atoms with Crippen LogP contribution < -0.4 is 14.8 Å². The molecular formula is C21H24N2O3. The molecule has 0 bridgehead atoms. The number of rotatable bonds is 8. The first kappa shape index (κ1) is 19.3. The second-order valence-corrected chi connectivity index (χ2v) is 6.52. The predicted octanol–water partition coefficient (Wildman–Crippen LogP) is 3.43. The molecule has 26 heavy (non-hydrogen) atoms. The molecule has 0 unspecified atom stereocenters. The topological polar surface area (TPSA) is 71.3 Å². The van der Waals surface area contributed by atoms with Crippen LogP contribution in [-0.2, 0) is 10.2 Å². The van der Waals surface area contributed by atoms with E-state index >= 15 is 0 Å². The van der Waals surface area contributed by atoms with Crippen molar-refractivity contribution in [3.63, 3.8) is 0 Å². The summed E-state index contributed by atoms with van der Waals surface area (Å²) in [6.07, 6.45) is 0. The van der Waals surface area contributed by atoms with Crippen LogP contribution in [0.4, 0.5) is 0 Å². The summed E-state index contributed by atoms with van der Waals surface area (Å²) in [7, 11) is 0. The lowest BCUT2D eigenvalue weighted by Crippen LogP contribution is -2.38. The van der Waals surface area contributed by atoms with Crippen LogP contribution in [0.3, 0.4) is 0 Å². The van der Waals surface area contributed by atoms with Crippen LogP contribution in [-0.4, -0.2) is 25.7 Å². The van der Waals surface area contributed by atoms with Gasteiger partial charge >= 0.3 is 0 Å². The minimum absolute atomic E-state index is 0.114. The van der Waals surface area contributed by atoms with Crippen LogP contribution in [0, 0.1) is 11.3 Å². The van der Waals surface area contributed by atoms with E-state index in [1.165, 1.54) is 0 Å². The molecular weight excluding hydrogens is 328 g/mol. The lowest BCUT2D eigenvalue weighted by atomic mass is 9.84. The van der Waals surface area contributed by atoms with Crippen molar-refractivity contribution in [2.24, 2.45) is 0 Å². The summed E-state index contributed by atoms with van der Waals surface area (Å²) >= 11 is 0. The highest BCUT2D eigenvalue weighted by Crippen LogP contribution is 2.28. The molecule has 0 atom stereocenters. The van der Waals surface area contributed by atoms with Gasteiger partial charge in [0.05, 0.1) is 18.2 Å². The first-order chi connectivity index (χ1) is 12.5. The SMILES string of the molecule is CCOc1cc(C#N)ccc1OCC(=O)NCC(C)(C)c1ccccc1. The number of nitrogens with one attached hydrogen (secondary N) is 1. The van der Waals surface area contributed by atoms with Gasteiger partial charge in [0.15, 0.2) is 18.1 Å². The Hall–Kier alpha value is -3.00. The van der Waals surface area contributed by atoms with Crippen molar-refractivity contribution in [2.75, 3.05) is 19.8 Å². The smallest absolute Gasteiger partial charge is 0.257 e. The van der Waals surface area contributed by atoms with Crippen molar-refractivity contribution in [2.45, 2.75) is 26.2 Å². The van der Waals surface area contributed by atoms with Gasteiger partial charge in [0.1, 0.15) is 0 Å². The quantitative estimate of drug-likeness (QED) is 0.790. The molecule has 0 aliphatic rings. The normalized spacial score (nSPS) is 10.7. The number of nitriles is 1. The van der Waals surface area contributed by atoms with Gasteiger partial charge in [-0.15, -0.1) is 0 Å². The maximum Gasteiger partial charge on any atom is 0.257 e. The summed E-state index contributed by atoms with van der Waals surface area (Å²) in [4.78, 5) is 12.2. The third-order valence-corrected chi connectivity index (χ3v) is 4.01. The van der Waals surface area contributed by atoms with Crippen LogP contribution in [0.2, 0.25) is 0 Å². The largest absolute Gasteiger partial charge is 0.490 e. The monoisotopic (exact) mass is 352 g/mol. The molecule has 136 valence electrons. The number of hydrogen-bond donors (Lipinski definition) is 1. The number of carbonyl (C=O) groups is 1. The average molecular weight is 352 g/mol. The summed E-state index contributed by atoms with van der Waals surface area (Å²) in [5.74, 6) is 0.702. The Kier molecular flexibility index (Phi) is 6.62. The van der Waals surface area contributed by atoms with E-state index in [9.17, 15) is 4.79 Å². The fourth-order valence-electron chi connectivity index (χ4n) is 2.47. The summed E-state index contributed by atoms with van der Waals surface area (Å²) in [5.41, 5.74) is 1.46. The van der Waals surface area contributed by atoms with Crippen LogP contribution in [0.5, 0.6) is 11.5 Å². The highest BCUT2D eigenvalue weighted by Gasteiger charge is 2.21. The Morgan fingerprint density at radius 1 is 1.12 bits per heavy atom. The Bertz CT molecular complexity index is 780. The first-order valence-corrected chi connectivity index (χ1v) is 8.58. The molecule has 1 amide bonds. The number of amides is 1. The van der Waals surface area contributed by atoms with Crippen LogP contribution in [0.15, 0.2) is 48.5 Å². The summed E-state index contributed by atoms with van der Waals surface area (Å²) in [6, 6.07) is 17.0. The van der Waals surface area contributed by atoms with Gasteiger partial charge in [-0.3, -0.25) is 4.79 Å². The van der Waals surface area contributed by atoms with E-state index in [1.807, 2.05) is 37.3 Å². The third kappa shape index (κ3) is 5.25. The van der Waals surface area contributed by atoms with Crippen molar-refractivity contribution < 1.29 is 14.3 Å². The fraction of sp³-hybridized carbons (Fsp3) is 0.333. The van der Waals surface area contributed by atoms with Gasteiger partial charge in [0, 0.05) is 18.0 Å². The number of benzene rings is 2. The fourth-order valence-corrected chi connectivity index (χ4v) is 2.47. The number of ether oxygens (including phenoxy) is 2. The zero-order valence-electron chi connectivity index (χ0n) is 15.4. The molecule has 0 heterocycles. The second kappa shape index (κ2) is 8.91. The maximum absolute atomic E-state index is 12.2. The highest BCUT2D eigenvalue weighted by molar-refractivity contribution is 5.77. The van der Waals surface area contributed by atoms with E-state index < -0.39 is 0 Å². The number of nitrogens with zero attached hydrogens (tertiary/aromatic N) is 1. The van der Waals surface area contributed by atoms with E-state index in [1.54, 1.807) is 18.2 Å². The summed E-state index contributed by atoms with van der Waals surface area (Å²) in [5, 5.41) is 11.9. The zero-order chi connectivity index (χ0) is 19.0. The Morgan fingerprint density at radius 2 is 1.85 bits per heavy atom. The Morgan fingerprint density at radius 3 is 2.50 bits per heavy atom. The van der Waals surface area contributed by atoms with E-state index in [0.717, 1.165) is 5.56 Å². The molecule has 5 heteroatoms. The van der Waals surface area contributed by atoms with Gasteiger partial charge < -0.3 is 14.8 Å². The van der Waals surface area contributed by atoms with Gasteiger partial charge in [0.25, 0.3) is 5.91 Å². The average Bonchev–Trinajstić information content (AvgIpc) is 2.66. The van der Waals surface area contributed by atoms with E-state index in [-0.39, 0.29) is 17.9 Å². The van der Waals surface area contributed by atoms with Crippen molar-refractivity contribution in [3.05, 3.63) is 59.7 Å². The molecule has 0 aromatic heterocycles. The molecule has 0 fully saturated rings. The minimum atomic E-state index is -0.208. The number of hydrogen-bond acceptors (Lipinski definition) is 4. The summed E-state index contributed by atoms with van der Waals surface area (Å²) < 4.78 is 11.1. The van der Waals surface area contributed by atoms with Gasteiger partial charge in [-0.05, 0) is 24.6 Å². The first-order valence-electron chi connectivity index (χ1n) is 8.58. The predicted molar refractivity (Wildman–Crippen MR) is 100 cm³/mol. The molecule has 0 aliphatic carbocycles. The van der Waals surface area contributed by atoms with Gasteiger partial charge in [-0.2, -0.15) is 5.26 Å². The minimum Gasteiger partial charge on any atom is -0.490 e. The van der Waals surface area contributed by atoms with Gasteiger partial charge in [0.2, 0.25) is 0 Å². The highest BCUT2D eigenvalue weighted by atomic mass is 16.5. The van der Waals surface area contributed by atoms with Crippen LogP contribution >= 0.6 is 0 Å². The van der Waals surface area contributed by atoms with E-state index in [0.29, 0.717) is 30.2 Å². The molecule has 0 aliphatic heterocycles. The van der Waals surface area contributed by atoms with E-state index in [4.69, 9.17) is 14.7 Å². The molecule has 0 saturated carbocycles.